The number of carboxylic acids is 1. The van der Waals surface area contributed by atoms with Gasteiger partial charge in [0.1, 0.15) is 0 Å². The number of carboxylic acid groups (broad SMARTS) is 1. The van der Waals surface area contributed by atoms with Gasteiger partial charge in [-0.05, 0) is 44.9 Å². The minimum Gasteiger partial charge on any atom is -0.478 e. The molecule has 0 bridgehead atoms. The lowest BCUT2D eigenvalue weighted by atomic mass is 10.00. The minimum absolute atomic E-state index is 0.139. The van der Waals surface area contributed by atoms with E-state index in [0.717, 1.165) is 24.9 Å². The number of carbonyl (C=O) groups is 1. The smallest absolute Gasteiger partial charge is 0.338 e. The van der Waals surface area contributed by atoms with Crippen LogP contribution < -0.4 is 5.73 Å². The summed E-state index contributed by atoms with van der Waals surface area (Å²) in [4.78, 5) is 13.6. The number of nitrogens with zero attached hydrogens (tertiary/aromatic N) is 1. The molecule has 1 heterocycles. The maximum absolute atomic E-state index is 11.3. The van der Waals surface area contributed by atoms with Crippen LogP contribution in [0.15, 0.2) is 18.2 Å². The zero-order valence-electron chi connectivity index (χ0n) is 10.9. The van der Waals surface area contributed by atoms with Crippen LogP contribution >= 0.6 is 0 Å². The maximum atomic E-state index is 11.3. The maximum Gasteiger partial charge on any atom is 0.338 e. The highest BCUT2D eigenvalue weighted by molar-refractivity contribution is 5.95. The summed E-state index contributed by atoms with van der Waals surface area (Å²) in [6, 6.07) is 5.32. The van der Waals surface area contributed by atoms with Gasteiger partial charge in [0.15, 0.2) is 0 Å². The summed E-state index contributed by atoms with van der Waals surface area (Å²) in [5.74, 6) is -0.944. The van der Waals surface area contributed by atoms with Crippen LogP contribution in [0, 0.1) is 0 Å². The van der Waals surface area contributed by atoms with Crippen molar-refractivity contribution < 1.29 is 9.90 Å². The third-order valence-electron chi connectivity index (χ3n) is 3.83. The Morgan fingerprint density at radius 2 is 2.22 bits per heavy atom. The molecule has 0 spiro atoms. The molecule has 0 aliphatic carbocycles. The fourth-order valence-electron chi connectivity index (χ4n) is 2.67. The van der Waals surface area contributed by atoms with E-state index in [2.05, 4.69) is 18.7 Å². The Morgan fingerprint density at radius 3 is 2.78 bits per heavy atom. The molecule has 0 aromatic heterocycles. The van der Waals surface area contributed by atoms with E-state index in [1.165, 1.54) is 0 Å². The van der Waals surface area contributed by atoms with Gasteiger partial charge in [-0.3, -0.25) is 4.90 Å². The zero-order valence-corrected chi connectivity index (χ0v) is 10.9. The number of anilines is 1. The molecule has 0 radical (unpaired) electrons. The quantitative estimate of drug-likeness (QED) is 0.806. The van der Waals surface area contributed by atoms with Gasteiger partial charge < -0.3 is 10.8 Å². The monoisotopic (exact) mass is 248 g/mol. The summed E-state index contributed by atoms with van der Waals surface area (Å²) >= 11 is 0. The molecule has 0 unspecified atom stereocenters. The number of hydrogen-bond acceptors (Lipinski definition) is 3. The minimum atomic E-state index is -0.944. The third-order valence-corrected chi connectivity index (χ3v) is 3.83. The molecular formula is C14H20N2O2. The topological polar surface area (TPSA) is 66.6 Å². The van der Waals surface area contributed by atoms with Gasteiger partial charge in [0.05, 0.1) is 5.56 Å². The van der Waals surface area contributed by atoms with Gasteiger partial charge in [-0.15, -0.1) is 0 Å². The molecule has 1 aromatic rings. The van der Waals surface area contributed by atoms with Crippen LogP contribution in [-0.4, -0.2) is 28.1 Å². The lowest BCUT2D eigenvalue weighted by molar-refractivity contribution is 0.0694. The first kappa shape index (κ1) is 12.9. The van der Waals surface area contributed by atoms with Crippen molar-refractivity contribution in [1.82, 2.24) is 4.90 Å². The summed E-state index contributed by atoms with van der Waals surface area (Å²) in [6.45, 7) is 6.07. The first-order chi connectivity index (χ1) is 8.42. The van der Waals surface area contributed by atoms with Crippen molar-refractivity contribution in [3.63, 3.8) is 0 Å². The van der Waals surface area contributed by atoms with E-state index >= 15 is 0 Å². The molecule has 18 heavy (non-hydrogen) atoms. The predicted octanol–water partition coefficient (Wildman–Crippen LogP) is 2.34. The van der Waals surface area contributed by atoms with Crippen LogP contribution in [0.25, 0.3) is 0 Å². The largest absolute Gasteiger partial charge is 0.478 e. The van der Waals surface area contributed by atoms with Crippen LogP contribution in [0.2, 0.25) is 0 Å². The van der Waals surface area contributed by atoms with Crippen molar-refractivity contribution in [2.45, 2.75) is 38.8 Å². The van der Waals surface area contributed by atoms with Crippen LogP contribution in [0.1, 0.15) is 42.6 Å². The first-order valence-corrected chi connectivity index (χ1v) is 6.27. The number of likely N-dealkylation sites (tertiary alicyclic amines) is 1. The molecule has 98 valence electrons. The van der Waals surface area contributed by atoms with E-state index in [9.17, 15) is 9.90 Å². The van der Waals surface area contributed by atoms with Crippen molar-refractivity contribution in [3.8, 4) is 0 Å². The molecule has 1 aromatic carbocycles. The highest BCUT2D eigenvalue weighted by Gasteiger charge is 2.32. The molecule has 4 nitrogen and oxygen atoms in total. The van der Waals surface area contributed by atoms with Crippen LogP contribution in [0.4, 0.5) is 5.69 Å². The number of nitrogen functional groups attached to an aromatic ring is 1. The van der Waals surface area contributed by atoms with Gasteiger partial charge in [-0.25, -0.2) is 4.79 Å². The summed E-state index contributed by atoms with van der Waals surface area (Å²) < 4.78 is 0. The number of rotatable bonds is 3. The zero-order chi connectivity index (χ0) is 13.3. The number of hydrogen-bond donors (Lipinski definition) is 2. The van der Waals surface area contributed by atoms with Crippen LogP contribution in [0.5, 0.6) is 0 Å². The summed E-state index contributed by atoms with van der Waals surface area (Å²) in [6.07, 6.45) is 2.31. The van der Waals surface area contributed by atoms with Crippen molar-refractivity contribution in [1.29, 1.82) is 0 Å². The Hall–Kier alpha value is -1.55. The summed E-state index contributed by atoms with van der Waals surface area (Å²) in [5, 5.41) is 9.25. The molecule has 0 saturated carbocycles. The normalized spacial score (nSPS) is 19.0. The number of nitrogens with two attached hydrogens (primary N) is 1. The van der Waals surface area contributed by atoms with E-state index in [1.807, 2.05) is 12.1 Å². The second-order valence-electron chi connectivity index (χ2n) is 5.52. The summed E-state index contributed by atoms with van der Waals surface area (Å²) in [5.41, 5.74) is 7.30. The van der Waals surface area contributed by atoms with Gasteiger partial charge in [0, 0.05) is 17.8 Å². The Balaban J connectivity index is 2.29. The van der Waals surface area contributed by atoms with Gasteiger partial charge in [0.25, 0.3) is 0 Å². The van der Waals surface area contributed by atoms with Crippen molar-refractivity contribution in [2.75, 3.05) is 12.3 Å². The van der Waals surface area contributed by atoms with Gasteiger partial charge in [-0.2, -0.15) is 0 Å². The highest BCUT2D eigenvalue weighted by atomic mass is 16.4. The molecule has 4 heteroatoms. The molecule has 1 aliphatic heterocycles. The predicted molar refractivity (Wildman–Crippen MR) is 71.5 cm³/mol. The van der Waals surface area contributed by atoms with Gasteiger partial charge in [-0.1, -0.05) is 12.1 Å². The number of aromatic carboxylic acids is 1. The highest BCUT2D eigenvalue weighted by Crippen LogP contribution is 2.31. The Labute approximate surface area is 107 Å². The standard InChI is InChI=1S/C14H20N2O2/c1-14(2)7-4-8-16(14)9-10-5-3-6-11(15)12(10)13(17)18/h3,5-6H,4,7-9,15H2,1-2H3,(H,17,18). The Kier molecular flexibility index (Phi) is 3.30. The van der Waals surface area contributed by atoms with Crippen molar-refractivity contribution in [3.05, 3.63) is 29.3 Å². The average molecular weight is 248 g/mol. The van der Waals surface area contributed by atoms with Gasteiger partial charge in [0.2, 0.25) is 0 Å². The lowest BCUT2D eigenvalue weighted by Gasteiger charge is -2.32. The SMILES string of the molecule is CC1(C)CCCN1Cc1cccc(N)c1C(=O)O. The Bertz CT molecular complexity index is 469. The van der Waals surface area contributed by atoms with Gasteiger partial charge >= 0.3 is 5.97 Å². The third kappa shape index (κ3) is 2.34. The van der Waals surface area contributed by atoms with Crippen molar-refractivity contribution >= 4 is 11.7 Å². The number of benzene rings is 1. The van der Waals surface area contributed by atoms with Crippen molar-refractivity contribution in [2.24, 2.45) is 0 Å². The van der Waals surface area contributed by atoms with E-state index in [-0.39, 0.29) is 11.1 Å². The summed E-state index contributed by atoms with van der Waals surface area (Å²) in [7, 11) is 0. The second kappa shape index (κ2) is 4.61. The molecule has 1 fully saturated rings. The van der Waals surface area contributed by atoms with E-state index < -0.39 is 5.97 Å². The lowest BCUT2D eigenvalue weighted by Crippen LogP contribution is -2.37. The molecule has 3 N–H and O–H groups in total. The van der Waals surface area contributed by atoms with Crippen LogP contribution in [0.3, 0.4) is 0 Å². The molecule has 1 aliphatic rings. The molecule has 1 saturated heterocycles. The first-order valence-electron chi connectivity index (χ1n) is 6.27. The van der Waals surface area contributed by atoms with E-state index in [1.54, 1.807) is 6.07 Å². The van der Waals surface area contributed by atoms with Crippen LogP contribution in [-0.2, 0) is 6.54 Å². The molecule has 2 rings (SSSR count). The van der Waals surface area contributed by atoms with E-state index in [4.69, 9.17) is 5.73 Å². The molecular weight excluding hydrogens is 228 g/mol. The Morgan fingerprint density at radius 1 is 1.50 bits per heavy atom. The fraction of sp³-hybridized carbons (Fsp3) is 0.500. The molecule has 0 atom stereocenters. The second-order valence-corrected chi connectivity index (χ2v) is 5.52. The van der Waals surface area contributed by atoms with E-state index in [0.29, 0.717) is 12.2 Å². The fourth-order valence-corrected chi connectivity index (χ4v) is 2.67. The molecule has 0 amide bonds. The average Bonchev–Trinajstić information content (AvgIpc) is 2.58.